The van der Waals surface area contributed by atoms with Gasteiger partial charge in [-0.15, -0.1) is 0 Å². The molecule has 0 aliphatic carbocycles. The fourth-order valence-electron chi connectivity index (χ4n) is 2.06. The highest BCUT2D eigenvalue weighted by molar-refractivity contribution is 5.91. The number of aliphatic hydroxyl groups excluding tert-OH is 1. The van der Waals surface area contributed by atoms with Crippen LogP contribution < -0.4 is 0 Å². The Labute approximate surface area is 101 Å². The zero-order chi connectivity index (χ0) is 12.3. The number of aliphatic hydroxyl groups is 1. The molecule has 1 fully saturated rings. The van der Waals surface area contributed by atoms with Crippen LogP contribution in [0.15, 0.2) is 22.8 Å². The molecule has 1 aromatic heterocycles. The van der Waals surface area contributed by atoms with Gasteiger partial charge in [0.15, 0.2) is 5.76 Å². The van der Waals surface area contributed by atoms with Crippen LogP contribution in [0.5, 0.6) is 0 Å². The third-order valence-corrected chi connectivity index (χ3v) is 2.91. The van der Waals surface area contributed by atoms with Crippen LogP contribution in [0, 0.1) is 0 Å². The molecule has 0 unspecified atom stereocenters. The van der Waals surface area contributed by atoms with Crippen molar-refractivity contribution in [1.82, 2.24) is 9.80 Å². The molecular formula is C12H18N2O3. The number of β-amino-alcohol motifs (C(OH)–C–C–N with tert-alkyl or cyclic N) is 1. The smallest absolute Gasteiger partial charge is 0.289 e. The summed E-state index contributed by atoms with van der Waals surface area (Å²) in [6.45, 7) is 5.43. The van der Waals surface area contributed by atoms with Gasteiger partial charge in [-0.1, -0.05) is 0 Å². The number of hydrogen-bond donors (Lipinski definition) is 1. The van der Waals surface area contributed by atoms with Gasteiger partial charge in [-0.2, -0.15) is 0 Å². The van der Waals surface area contributed by atoms with Crippen molar-refractivity contribution < 1.29 is 14.3 Å². The molecule has 1 amide bonds. The normalized spacial score (nSPS) is 19.3. The highest BCUT2D eigenvalue weighted by Gasteiger charge is 2.23. The van der Waals surface area contributed by atoms with Gasteiger partial charge in [0.1, 0.15) is 0 Å². The second-order valence-corrected chi connectivity index (χ2v) is 4.42. The summed E-state index contributed by atoms with van der Waals surface area (Å²) < 4.78 is 5.10. The van der Waals surface area contributed by atoms with E-state index in [1.165, 1.54) is 6.26 Å². The molecule has 1 atom stereocenters. The standard InChI is InChI=1S/C12H18N2O3/c1-10(15)9-13-4-6-14(7-5-13)12(16)11-3-2-8-17-11/h2-3,8,10,15H,4-7,9H2,1H3/t10-/m1/s1. The summed E-state index contributed by atoms with van der Waals surface area (Å²) >= 11 is 0. The predicted molar refractivity (Wildman–Crippen MR) is 62.7 cm³/mol. The van der Waals surface area contributed by atoms with E-state index in [2.05, 4.69) is 4.90 Å². The van der Waals surface area contributed by atoms with Crippen LogP contribution in [-0.2, 0) is 0 Å². The zero-order valence-corrected chi connectivity index (χ0v) is 10.0. The van der Waals surface area contributed by atoms with Crippen molar-refractivity contribution in [2.45, 2.75) is 13.0 Å². The maximum absolute atomic E-state index is 12.0. The van der Waals surface area contributed by atoms with E-state index in [9.17, 15) is 9.90 Å². The van der Waals surface area contributed by atoms with E-state index in [1.807, 2.05) is 0 Å². The molecule has 1 aromatic rings. The van der Waals surface area contributed by atoms with Crippen molar-refractivity contribution in [3.8, 4) is 0 Å². The van der Waals surface area contributed by atoms with Crippen LogP contribution in [0.3, 0.4) is 0 Å². The lowest BCUT2D eigenvalue weighted by Gasteiger charge is -2.34. The molecular weight excluding hydrogens is 220 g/mol. The van der Waals surface area contributed by atoms with Gasteiger partial charge in [-0.25, -0.2) is 0 Å². The first-order valence-electron chi connectivity index (χ1n) is 5.90. The first-order valence-corrected chi connectivity index (χ1v) is 5.90. The molecule has 0 bridgehead atoms. The van der Waals surface area contributed by atoms with Gasteiger partial charge in [0.25, 0.3) is 5.91 Å². The van der Waals surface area contributed by atoms with Crippen molar-refractivity contribution in [3.63, 3.8) is 0 Å². The third-order valence-electron chi connectivity index (χ3n) is 2.91. The fraction of sp³-hybridized carbons (Fsp3) is 0.583. The van der Waals surface area contributed by atoms with E-state index < -0.39 is 0 Å². The van der Waals surface area contributed by atoms with Crippen LogP contribution in [0.1, 0.15) is 17.5 Å². The molecule has 2 heterocycles. The van der Waals surface area contributed by atoms with Gasteiger partial charge in [0.05, 0.1) is 12.4 Å². The summed E-state index contributed by atoms with van der Waals surface area (Å²) in [6, 6.07) is 3.40. The molecule has 1 saturated heterocycles. The van der Waals surface area contributed by atoms with Crippen molar-refractivity contribution in [2.75, 3.05) is 32.7 Å². The summed E-state index contributed by atoms with van der Waals surface area (Å²) in [7, 11) is 0. The lowest BCUT2D eigenvalue weighted by molar-refractivity contribution is 0.0528. The molecule has 0 radical (unpaired) electrons. The number of piperazine rings is 1. The number of amides is 1. The first-order chi connectivity index (χ1) is 8.16. The third kappa shape index (κ3) is 3.08. The molecule has 1 N–H and O–H groups in total. The SMILES string of the molecule is C[C@@H](O)CN1CCN(C(=O)c2ccco2)CC1. The number of rotatable bonds is 3. The summed E-state index contributed by atoms with van der Waals surface area (Å²) in [5.74, 6) is 0.348. The van der Waals surface area contributed by atoms with E-state index in [0.717, 1.165) is 13.1 Å². The molecule has 0 saturated carbocycles. The summed E-state index contributed by atoms with van der Waals surface area (Å²) in [5.41, 5.74) is 0. The number of furan rings is 1. The van der Waals surface area contributed by atoms with E-state index in [1.54, 1.807) is 24.0 Å². The Hall–Kier alpha value is -1.33. The molecule has 5 heteroatoms. The highest BCUT2D eigenvalue weighted by atomic mass is 16.3. The molecule has 0 spiro atoms. The predicted octanol–water partition coefficient (Wildman–Crippen LogP) is 0.418. The van der Waals surface area contributed by atoms with Crippen LogP contribution in [0.25, 0.3) is 0 Å². The summed E-state index contributed by atoms with van der Waals surface area (Å²) in [4.78, 5) is 15.9. The molecule has 17 heavy (non-hydrogen) atoms. The second-order valence-electron chi connectivity index (χ2n) is 4.42. The summed E-state index contributed by atoms with van der Waals surface area (Å²) in [5, 5.41) is 9.29. The fourth-order valence-corrected chi connectivity index (χ4v) is 2.06. The molecule has 5 nitrogen and oxygen atoms in total. The Bertz CT molecular complexity index is 354. The van der Waals surface area contributed by atoms with E-state index in [-0.39, 0.29) is 12.0 Å². The lowest BCUT2D eigenvalue weighted by Crippen LogP contribution is -2.50. The van der Waals surface area contributed by atoms with Gasteiger partial charge in [0, 0.05) is 32.7 Å². The number of carbonyl (C=O) groups excluding carboxylic acids is 1. The van der Waals surface area contributed by atoms with Gasteiger partial charge < -0.3 is 14.4 Å². The van der Waals surface area contributed by atoms with Crippen LogP contribution in [-0.4, -0.2) is 59.6 Å². The minimum absolute atomic E-state index is 0.0494. The van der Waals surface area contributed by atoms with Crippen molar-refractivity contribution in [1.29, 1.82) is 0 Å². The largest absolute Gasteiger partial charge is 0.459 e. The Morgan fingerprint density at radius 3 is 2.71 bits per heavy atom. The molecule has 0 aromatic carbocycles. The number of nitrogens with zero attached hydrogens (tertiary/aromatic N) is 2. The molecule has 1 aliphatic rings. The zero-order valence-electron chi connectivity index (χ0n) is 10.0. The quantitative estimate of drug-likeness (QED) is 0.829. The topological polar surface area (TPSA) is 56.9 Å². The Morgan fingerprint density at radius 2 is 2.18 bits per heavy atom. The van der Waals surface area contributed by atoms with Gasteiger partial charge >= 0.3 is 0 Å². The molecule has 2 rings (SSSR count). The van der Waals surface area contributed by atoms with E-state index in [0.29, 0.717) is 25.4 Å². The molecule has 1 aliphatic heterocycles. The Balaban J connectivity index is 1.85. The van der Waals surface area contributed by atoms with Crippen molar-refractivity contribution in [2.24, 2.45) is 0 Å². The minimum Gasteiger partial charge on any atom is -0.459 e. The van der Waals surface area contributed by atoms with E-state index in [4.69, 9.17) is 4.42 Å². The number of hydrogen-bond acceptors (Lipinski definition) is 4. The van der Waals surface area contributed by atoms with E-state index >= 15 is 0 Å². The van der Waals surface area contributed by atoms with Crippen molar-refractivity contribution in [3.05, 3.63) is 24.2 Å². The minimum atomic E-state index is -0.317. The lowest BCUT2D eigenvalue weighted by atomic mass is 10.2. The van der Waals surface area contributed by atoms with Gasteiger partial charge in [0.2, 0.25) is 0 Å². The van der Waals surface area contributed by atoms with Gasteiger partial charge in [-0.05, 0) is 19.1 Å². The Morgan fingerprint density at radius 1 is 1.47 bits per heavy atom. The second kappa shape index (κ2) is 5.33. The van der Waals surface area contributed by atoms with Crippen LogP contribution >= 0.6 is 0 Å². The van der Waals surface area contributed by atoms with Crippen molar-refractivity contribution >= 4 is 5.91 Å². The monoisotopic (exact) mass is 238 g/mol. The maximum Gasteiger partial charge on any atom is 0.289 e. The average molecular weight is 238 g/mol. The Kier molecular flexibility index (Phi) is 3.81. The molecule has 94 valence electrons. The number of carbonyl (C=O) groups is 1. The van der Waals surface area contributed by atoms with Crippen LogP contribution in [0.4, 0.5) is 0 Å². The maximum atomic E-state index is 12.0. The summed E-state index contributed by atoms with van der Waals surface area (Å²) in [6.07, 6.45) is 1.19. The first kappa shape index (κ1) is 12.1. The highest BCUT2D eigenvalue weighted by Crippen LogP contribution is 2.09. The van der Waals surface area contributed by atoms with Gasteiger partial charge in [-0.3, -0.25) is 9.69 Å². The average Bonchev–Trinajstić information content (AvgIpc) is 2.82. The van der Waals surface area contributed by atoms with Crippen LogP contribution in [0.2, 0.25) is 0 Å².